The van der Waals surface area contributed by atoms with Crippen LogP contribution < -0.4 is 0 Å². The van der Waals surface area contributed by atoms with Gasteiger partial charge in [-0.15, -0.1) is 11.3 Å². The molecule has 0 radical (unpaired) electrons. The van der Waals surface area contributed by atoms with Crippen molar-refractivity contribution in [3.05, 3.63) is 38.8 Å². The van der Waals surface area contributed by atoms with Crippen molar-refractivity contribution in [3.8, 4) is 0 Å². The van der Waals surface area contributed by atoms with Crippen LogP contribution in [0.15, 0.2) is 5.03 Å². The number of fused-ring (bicyclic) bond motifs is 1. The molecule has 0 aliphatic heterocycles. The van der Waals surface area contributed by atoms with Crippen molar-refractivity contribution in [3.63, 3.8) is 0 Å². The average molecular weight is 404 g/mol. The van der Waals surface area contributed by atoms with Crippen molar-refractivity contribution in [1.82, 2.24) is 15.0 Å². The first-order chi connectivity index (χ1) is 12.7. The Labute approximate surface area is 165 Å². The number of Topliss-reactive ketones (excluding diaryl/α,β-unsaturated/α-hetero) is 1. The van der Waals surface area contributed by atoms with Crippen LogP contribution in [-0.2, 0) is 4.74 Å². The number of nitrogens with zero attached hydrogens (tertiary/aromatic N) is 2. The molecule has 8 heteroatoms. The summed E-state index contributed by atoms with van der Waals surface area (Å²) >= 11 is 3.05. The van der Waals surface area contributed by atoms with Gasteiger partial charge in [-0.2, -0.15) is 0 Å². The number of ketones is 1. The molecule has 0 aliphatic carbocycles. The lowest BCUT2D eigenvalue weighted by molar-refractivity contribution is 0.0599. The summed E-state index contributed by atoms with van der Waals surface area (Å²) in [6, 6.07) is 0. The lowest BCUT2D eigenvalue weighted by atomic mass is 10.1. The number of carbonyl (C=O) groups excluding carboxylic acids is 2. The molecular formula is C19H21N3O3S2. The molecule has 142 valence electrons. The fourth-order valence-corrected chi connectivity index (χ4v) is 5.20. The maximum atomic E-state index is 12.8. The van der Waals surface area contributed by atoms with Crippen molar-refractivity contribution >= 4 is 45.1 Å². The highest BCUT2D eigenvalue weighted by molar-refractivity contribution is 8.00. The Morgan fingerprint density at radius 2 is 1.81 bits per heavy atom. The first-order valence-corrected chi connectivity index (χ1v) is 10.2. The number of hydrogen-bond acceptors (Lipinski definition) is 7. The molecule has 0 aromatic carbocycles. The van der Waals surface area contributed by atoms with Gasteiger partial charge < -0.3 is 9.72 Å². The van der Waals surface area contributed by atoms with Crippen LogP contribution in [0.4, 0.5) is 0 Å². The van der Waals surface area contributed by atoms with Gasteiger partial charge in [0, 0.05) is 16.0 Å². The monoisotopic (exact) mass is 403 g/mol. The maximum Gasteiger partial charge on any atom is 0.339 e. The van der Waals surface area contributed by atoms with Gasteiger partial charge in [0.25, 0.3) is 0 Å². The molecule has 3 heterocycles. The highest BCUT2D eigenvalue weighted by Crippen LogP contribution is 2.35. The van der Waals surface area contributed by atoms with Gasteiger partial charge in [0.05, 0.1) is 24.1 Å². The van der Waals surface area contributed by atoms with Crippen LogP contribution in [-0.4, -0.2) is 39.6 Å². The van der Waals surface area contributed by atoms with Gasteiger partial charge in [0.2, 0.25) is 0 Å². The first-order valence-electron chi connectivity index (χ1n) is 8.42. The summed E-state index contributed by atoms with van der Waals surface area (Å²) in [4.78, 5) is 39.0. The number of carbonyl (C=O) groups is 2. The van der Waals surface area contributed by atoms with Gasteiger partial charge in [-0.25, -0.2) is 14.8 Å². The number of hydrogen-bond donors (Lipinski definition) is 1. The number of aryl methyl sites for hydroxylation is 4. The van der Waals surface area contributed by atoms with E-state index < -0.39 is 5.97 Å². The van der Waals surface area contributed by atoms with Crippen LogP contribution in [0, 0.1) is 34.6 Å². The van der Waals surface area contributed by atoms with E-state index >= 15 is 0 Å². The van der Waals surface area contributed by atoms with Crippen LogP contribution in [0.25, 0.3) is 10.2 Å². The molecule has 3 aromatic rings. The van der Waals surface area contributed by atoms with Gasteiger partial charge in [-0.3, -0.25) is 4.79 Å². The zero-order chi connectivity index (χ0) is 19.9. The fourth-order valence-electron chi connectivity index (χ4n) is 3.06. The Morgan fingerprint density at radius 1 is 1.11 bits per heavy atom. The van der Waals surface area contributed by atoms with Crippen molar-refractivity contribution < 1.29 is 14.3 Å². The van der Waals surface area contributed by atoms with E-state index in [-0.39, 0.29) is 11.5 Å². The number of H-pyrrole nitrogens is 1. The van der Waals surface area contributed by atoms with E-state index in [1.165, 1.54) is 23.7 Å². The number of thioether (sulfide) groups is 1. The number of rotatable bonds is 5. The predicted octanol–water partition coefficient (Wildman–Crippen LogP) is 4.32. The number of aromatic amines is 1. The summed E-state index contributed by atoms with van der Waals surface area (Å²) in [5.41, 5.74) is 3.29. The number of thiophene rings is 1. The van der Waals surface area contributed by atoms with E-state index in [1.807, 2.05) is 6.92 Å². The lowest BCUT2D eigenvalue weighted by Crippen LogP contribution is -2.07. The second-order valence-electron chi connectivity index (χ2n) is 6.37. The van der Waals surface area contributed by atoms with E-state index in [1.54, 1.807) is 25.2 Å². The maximum absolute atomic E-state index is 12.8. The first kappa shape index (κ1) is 19.6. The summed E-state index contributed by atoms with van der Waals surface area (Å²) in [6.07, 6.45) is 0. The lowest BCUT2D eigenvalue weighted by Gasteiger charge is -2.05. The van der Waals surface area contributed by atoms with Gasteiger partial charge in [0.1, 0.15) is 15.7 Å². The minimum atomic E-state index is -0.439. The molecule has 0 spiro atoms. The normalized spacial score (nSPS) is 11.2. The third kappa shape index (κ3) is 3.51. The van der Waals surface area contributed by atoms with Gasteiger partial charge in [-0.05, 0) is 45.7 Å². The molecule has 0 bridgehead atoms. The standard InChI is InChI=1S/C19H21N3O3S2/c1-8-11(4)27-18-15(8)17(21-12(5)22-18)26-7-13(23)16-9(2)14(10(3)20-16)19(24)25-6/h20H,7H2,1-6H3. The highest BCUT2D eigenvalue weighted by Gasteiger charge is 2.23. The molecule has 0 saturated heterocycles. The molecule has 0 amide bonds. The molecule has 0 aliphatic rings. The Morgan fingerprint density at radius 3 is 2.48 bits per heavy atom. The zero-order valence-corrected chi connectivity index (χ0v) is 17.8. The molecule has 0 unspecified atom stereocenters. The Hall–Kier alpha value is -2.19. The average Bonchev–Trinajstić information content (AvgIpc) is 3.07. The van der Waals surface area contributed by atoms with Crippen LogP contribution >= 0.6 is 23.1 Å². The number of methoxy groups -OCH3 is 1. The predicted molar refractivity (Wildman–Crippen MR) is 108 cm³/mol. The minimum Gasteiger partial charge on any atom is -0.465 e. The van der Waals surface area contributed by atoms with Crippen molar-refractivity contribution in [2.45, 2.75) is 39.6 Å². The van der Waals surface area contributed by atoms with Crippen molar-refractivity contribution in [2.75, 3.05) is 12.9 Å². The molecule has 0 fully saturated rings. The molecule has 27 heavy (non-hydrogen) atoms. The van der Waals surface area contributed by atoms with E-state index in [0.717, 1.165) is 20.8 Å². The molecule has 6 nitrogen and oxygen atoms in total. The Balaban J connectivity index is 1.89. The highest BCUT2D eigenvalue weighted by atomic mass is 32.2. The summed E-state index contributed by atoms with van der Waals surface area (Å²) in [6.45, 7) is 9.50. The zero-order valence-electron chi connectivity index (χ0n) is 16.1. The topological polar surface area (TPSA) is 84.9 Å². The van der Waals surface area contributed by atoms with Crippen LogP contribution in [0.3, 0.4) is 0 Å². The molecule has 0 atom stereocenters. The van der Waals surface area contributed by atoms with Crippen LogP contribution in [0.2, 0.25) is 0 Å². The Kier molecular flexibility index (Phi) is 5.39. The molecule has 3 aromatic heterocycles. The smallest absolute Gasteiger partial charge is 0.339 e. The third-order valence-corrected chi connectivity index (χ3v) is 6.63. The minimum absolute atomic E-state index is 0.0789. The van der Waals surface area contributed by atoms with E-state index in [2.05, 4.69) is 28.8 Å². The number of aromatic nitrogens is 3. The van der Waals surface area contributed by atoms with E-state index in [9.17, 15) is 9.59 Å². The number of esters is 1. The summed E-state index contributed by atoms with van der Waals surface area (Å²) in [5.74, 6) is 0.398. The third-order valence-electron chi connectivity index (χ3n) is 4.55. The van der Waals surface area contributed by atoms with Crippen molar-refractivity contribution in [2.24, 2.45) is 0 Å². The summed E-state index contributed by atoms with van der Waals surface area (Å²) < 4.78 is 4.81. The summed E-state index contributed by atoms with van der Waals surface area (Å²) in [5, 5.41) is 1.84. The Bertz CT molecular complexity index is 1070. The molecule has 3 rings (SSSR count). The second kappa shape index (κ2) is 7.44. The van der Waals surface area contributed by atoms with Crippen molar-refractivity contribution in [1.29, 1.82) is 0 Å². The number of ether oxygens (including phenoxy) is 1. The SMILES string of the molecule is COC(=O)c1c(C)[nH]c(C(=O)CSc2nc(C)nc3sc(C)c(C)c23)c1C. The largest absolute Gasteiger partial charge is 0.465 e. The molecule has 0 saturated carbocycles. The van der Waals surface area contributed by atoms with Gasteiger partial charge in [0.15, 0.2) is 5.78 Å². The second-order valence-corrected chi connectivity index (χ2v) is 8.54. The van der Waals surface area contributed by atoms with Crippen LogP contribution in [0.1, 0.15) is 48.4 Å². The number of nitrogens with one attached hydrogen (secondary N) is 1. The quantitative estimate of drug-likeness (QED) is 0.295. The van der Waals surface area contributed by atoms with Crippen LogP contribution in [0.5, 0.6) is 0 Å². The van der Waals surface area contributed by atoms with E-state index in [4.69, 9.17) is 4.74 Å². The van der Waals surface area contributed by atoms with Gasteiger partial charge in [-0.1, -0.05) is 11.8 Å². The molecule has 1 N–H and O–H groups in total. The fraction of sp³-hybridized carbons (Fsp3) is 0.368. The van der Waals surface area contributed by atoms with E-state index in [0.29, 0.717) is 28.3 Å². The van der Waals surface area contributed by atoms with Gasteiger partial charge >= 0.3 is 5.97 Å². The summed E-state index contributed by atoms with van der Waals surface area (Å²) in [7, 11) is 1.33. The molecular weight excluding hydrogens is 382 g/mol.